The zero-order valence-corrected chi connectivity index (χ0v) is 18.8. The number of aryl methyl sites for hydroxylation is 1. The molecule has 36 heavy (non-hydrogen) atoms. The number of fused-ring (bicyclic) bond motifs is 1. The molecule has 3 aromatic heterocycles. The Kier molecular flexibility index (Phi) is 6.83. The van der Waals surface area contributed by atoms with Crippen molar-refractivity contribution >= 4 is 22.9 Å². The molecule has 2 amide bonds. The Bertz CT molecular complexity index is 1540. The van der Waals surface area contributed by atoms with E-state index in [1.165, 1.54) is 36.4 Å². The van der Waals surface area contributed by atoms with Crippen molar-refractivity contribution in [3.05, 3.63) is 91.1 Å². The third-order valence-electron chi connectivity index (χ3n) is 4.98. The lowest BCUT2D eigenvalue weighted by Gasteiger charge is -2.12. The minimum absolute atomic E-state index is 0.0224. The summed E-state index contributed by atoms with van der Waals surface area (Å²) in [5, 5.41) is 21.3. The minimum atomic E-state index is -0.666. The Hall–Kier alpha value is -5.31. The maximum absolute atomic E-state index is 14.8. The number of hydrogen-bond acceptors (Lipinski definition) is 6. The highest BCUT2D eigenvalue weighted by atomic mass is 19.1. The molecule has 0 unspecified atom stereocenters. The lowest BCUT2D eigenvalue weighted by Crippen LogP contribution is -2.19. The molecule has 0 atom stereocenters. The zero-order chi connectivity index (χ0) is 25.7. The third kappa shape index (κ3) is 5.26. The van der Waals surface area contributed by atoms with Crippen molar-refractivity contribution < 1.29 is 18.3 Å². The quantitative estimate of drug-likeness (QED) is 0.315. The second-order valence-electron chi connectivity index (χ2n) is 7.51. The number of urea groups is 1. The predicted molar refractivity (Wildman–Crippen MR) is 126 cm³/mol. The van der Waals surface area contributed by atoms with Crippen LogP contribution in [-0.4, -0.2) is 25.2 Å². The summed E-state index contributed by atoms with van der Waals surface area (Å²) < 4.78 is 37.2. The van der Waals surface area contributed by atoms with E-state index in [4.69, 9.17) is 15.5 Å². The average molecular weight is 488 g/mol. The van der Waals surface area contributed by atoms with Gasteiger partial charge in [0, 0.05) is 53.2 Å². The number of carbonyl (C=O) groups is 1. The standard InChI is InChI=1S/C24H18F2N6O2.N2/c1-31-13-20(27-14-31)15-10-23(21-8-9-28-32(21)12-15)34-22-7-6-18(11-19(22)26)30-24(33)29-17-4-2-16(25)3-5-17;1-2/h2-14H,1H3,(H2,29,30,33);. The van der Waals surface area contributed by atoms with Crippen LogP contribution in [0.5, 0.6) is 11.5 Å². The highest BCUT2D eigenvalue weighted by molar-refractivity contribution is 5.99. The first-order valence-electron chi connectivity index (χ1n) is 10.4. The van der Waals surface area contributed by atoms with Crippen molar-refractivity contribution in [1.29, 1.82) is 10.8 Å². The number of amides is 2. The van der Waals surface area contributed by atoms with Crippen molar-refractivity contribution in [2.75, 3.05) is 10.6 Å². The summed E-state index contributed by atoms with van der Waals surface area (Å²) in [5.74, 6) is -0.706. The molecule has 0 aliphatic rings. The van der Waals surface area contributed by atoms with Crippen LogP contribution in [-0.2, 0) is 7.05 Å². The van der Waals surface area contributed by atoms with E-state index < -0.39 is 17.7 Å². The van der Waals surface area contributed by atoms with E-state index in [-0.39, 0.29) is 11.4 Å². The van der Waals surface area contributed by atoms with Gasteiger partial charge in [0.1, 0.15) is 11.3 Å². The fourth-order valence-electron chi connectivity index (χ4n) is 3.39. The molecule has 2 N–H and O–H groups in total. The first-order chi connectivity index (χ1) is 17.4. The number of ether oxygens (including phenoxy) is 1. The molecule has 5 rings (SSSR count). The third-order valence-corrected chi connectivity index (χ3v) is 4.98. The molecule has 2 aromatic carbocycles. The van der Waals surface area contributed by atoms with Gasteiger partial charge in [0.25, 0.3) is 0 Å². The van der Waals surface area contributed by atoms with E-state index in [9.17, 15) is 13.6 Å². The molecule has 3 heterocycles. The van der Waals surface area contributed by atoms with Crippen LogP contribution < -0.4 is 15.4 Å². The van der Waals surface area contributed by atoms with E-state index in [1.54, 1.807) is 29.2 Å². The van der Waals surface area contributed by atoms with E-state index in [1.807, 2.05) is 24.0 Å². The smallest absolute Gasteiger partial charge is 0.323 e. The minimum Gasteiger partial charge on any atom is -0.452 e. The second kappa shape index (κ2) is 10.3. The number of nitrogens with one attached hydrogen (secondary N) is 2. The fraction of sp³-hybridized carbons (Fsp3) is 0.0417. The Morgan fingerprint density at radius 1 is 0.944 bits per heavy atom. The largest absolute Gasteiger partial charge is 0.452 e. The summed E-state index contributed by atoms with van der Waals surface area (Å²) in [5.41, 5.74) is 2.75. The van der Waals surface area contributed by atoms with Crippen LogP contribution in [0.1, 0.15) is 0 Å². The Labute approximate surface area is 203 Å². The molecular formula is C24H18F2N8O2. The van der Waals surface area contributed by atoms with E-state index in [0.29, 0.717) is 17.0 Å². The summed E-state index contributed by atoms with van der Waals surface area (Å²) in [6, 6.07) is 12.3. The van der Waals surface area contributed by atoms with Crippen LogP contribution in [0.15, 0.2) is 79.5 Å². The van der Waals surface area contributed by atoms with Crippen molar-refractivity contribution in [2.45, 2.75) is 0 Å². The van der Waals surface area contributed by atoms with Crippen molar-refractivity contribution in [3.63, 3.8) is 0 Å². The maximum atomic E-state index is 14.8. The molecule has 0 fully saturated rings. The van der Waals surface area contributed by atoms with E-state index >= 15 is 0 Å². The second-order valence-corrected chi connectivity index (χ2v) is 7.51. The van der Waals surface area contributed by atoms with Gasteiger partial charge in [0.2, 0.25) is 0 Å². The van der Waals surface area contributed by atoms with E-state index in [2.05, 4.69) is 20.7 Å². The molecule has 12 heteroatoms. The Balaban J connectivity index is 0.00000148. The van der Waals surface area contributed by atoms with Crippen LogP contribution >= 0.6 is 0 Å². The molecule has 5 aromatic rings. The van der Waals surface area contributed by atoms with Crippen molar-refractivity contribution in [3.8, 4) is 22.8 Å². The molecule has 180 valence electrons. The predicted octanol–water partition coefficient (Wildman–Crippen LogP) is 5.48. The van der Waals surface area contributed by atoms with Crippen LogP contribution in [0.4, 0.5) is 25.0 Å². The highest BCUT2D eigenvalue weighted by Gasteiger charge is 2.14. The molecule has 0 saturated heterocycles. The normalized spacial score (nSPS) is 10.4. The number of benzene rings is 2. The molecule has 0 aliphatic carbocycles. The van der Waals surface area contributed by atoms with Crippen LogP contribution in [0.2, 0.25) is 0 Å². The van der Waals surface area contributed by atoms with Gasteiger partial charge in [-0.05, 0) is 48.5 Å². The van der Waals surface area contributed by atoms with Gasteiger partial charge in [-0.1, -0.05) is 0 Å². The number of pyridine rings is 1. The molecule has 0 aliphatic heterocycles. The van der Waals surface area contributed by atoms with Crippen molar-refractivity contribution in [1.82, 2.24) is 19.2 Å². The van der Waals surface area contributed by atoms with Crippen molar-refractivity contribution in [2.24, 2.45) is 7.05 Å². The molecule has 0 radical (unpaired) electrons. The van der Waals surface area contributed by atoms with Crippen LogP contribution in [0.25, 0.3) is 16.8 Å². The summed E-state index contributed by atoms with van der Waals surface area (Å²) in [6.45, 7) is 0. The molecule has 0 saturated carbocycles. The summed E-state index contributed by atoms with van der Waals surface area (Å²) >= 11 is 0. The van der Waals surface area contributed by atoms with Gasteiger partial charge in [0.05, 0.1) is 18.2 Å². The van der Waals surface area contributed by atoms with Gasteiger partial charge in [0.15, 0.2) is 17.3 Å². The number of anilines is 2. The number of rotatable bonds is 5. The van der Waals surface area contributed by atoms with Crippen LogP contribution in [0, 0.1) is 22.4 Å². The highest BCUT2D eigenvalue weighted by Crippen LogP contribution is 2.33. The summed E-state index contributed by atoms with van der Waals surface area (Å²) in [6.07, 6.45) is 6.97. The first-order valence-corrected chi connectivity index (χ1v) is 10.4. The van der Waals surface area contributed by atoms with Gasteiger partial charge in [-0.2, -0.15) is 5.10 Å². The zero-order valence-electron chi connectivity index (χ0n) is 18.8. The van der Waals surface area contributed by atoms with Gasteiger partial charge in [-0.3, -0.25) is 0 Å². The summed E-state index contributed by atoms with van der Waals surface area (Å²) in [4.78, 5) is 16.5. The monoisotopic (exact) mass is 488 g/mol. The molecular weight excluding hydrogens is 470 g/mol. The molecule has 0 bridgehead atoms. The van der Waals surface area contributed by atoms with Gasteiger partial charge in [-0.25, -0.2) is 23.1 Å². The fourth-order valence-corrected chi connectivity index (χ4v) is 3.39. The van der Waals surface area contributed by atoms with Crippen LogP contribution in [0.3, 0.4) is 0 Å². The summed E-state index contributed by atoms with van der Waals surface area (Å²) in [7, 11) is 1.87. The number of nitrogens with zero attached hydrogens (tertiary/aromatic N) is 6. The van der Waals surface area contributed by atoms with Gasteiger partial charge >= 0.3 is 6.03 Å². The molecule has 10 nitrogen and oxygen atoms in total. The Morgan fingerprint density at radius 3 is 2.36 bits per heavy atom. The van der Waals surface area contributed by atoms with Gasteiger partial charge < -0.3 is 19.9 Å². The number of carbonyl (C=O) groups excluding carboxylic acids is 1. The first kappa shape index (κ1) is 23.8. The maximum Gasteiger partial charge on any atom is 0.323 e. The number of imidazole rings is 1. The lowest BCUT2D eigenvalue weighted by atomic mass is 10.2. The number of halogens is 2. The lowest BCUT2D eigenvalue weighted by molar-refractivity contribution is 0.262. The molecule has 0 spiro atoms. The SMILES string of the molecule is Cn1cnc(-c2cc(Oc3ccc(NC(=O)Nc4ccc(F)cc4)cc3F)c3ccnn3c2)c1.N#N. The number of aromatic nitrogens is 4. The van der Waals surface area contributed by atoms with E-state index in [0.717, 1.165) is 17.3 Å². The number of hydrogen-bond donors (Lipinski definition) is 2. The van der Waals surface area contributed by atoms with Gasteiger partial charge in [-0.15, -0.1) is 0 Å². The average Bonchev–Trinajstić information content (AvgIpc) is 3.52. The Morgan fingerprint density at radius 2 is 1.67 bits per heavy atom. The topological polar surface area (TPSA) is 133 Å².